The number of aliphatic carboxylic acids is 1. The van der Waals surface area contributed by atoms with E-state index in [1.807, 2.05) is 12.3 Å². The van der Waals surface area contributed by atoms with Crippen LogP contribution in [0.15, 0.2) is 76.9 Å². The Labute approximate surface area is 328 Å². The second-order valence-electron chi connectivity index (χ2n) is 12.8. The number of aliphatic hydroxyl groups excluding tert-OH is 1. The van der Waals surface area contributed by atoms with E-state index in [9.17, 15) is 23.9 Å². The lowest BCUT2D eigenvalue weighted by Crippen LogP contribution is -2.22. The minimum atomic E-state index is -1.57. The number of carbonyl (C=O) groups excluding carboxylic acids is 2. The summed E-state index contributed by atoms with van der Waals surface area (Å²) in [5, 5.41) is 21.3. The lowest BCUT2D eigenvalue weighted by molar-refractivity contribution is -0.135. The molecule has 0 atom stereocenters. The Balaban J connectivity index is 0.944. The van der Waals surface area contributed by atoms with Crippen molar-refractivity contribution in [3.63, 3.8) is 0 Å². The monoisotopic (exact) mass is 794 g/mol. The SMILES string of the molecule is CNC(=O)c1c(-c2ccc(F)cc2)oc2cc(N(CCOCCOCCOCCOCCOCc3ccc(C(=O)/C=C(\O)C(=O)O)cc3)SC)c(C3CC3)cc12. The van der Waals surface area contributed by atoms with Crippen molar-refractivity contribution in [1.29, 1.82) is 0 Å². The third kappa shape index (κ3) is 12.1. The van der Waals surface area contributed by atoms with Crippen LogP contribution in [0.1, 0.15) is 50.6 Å². The molecule has 0 spiro atoms. The number of carbonyl (C=O) groups is 3. The average Bonchev–Trinajstić information content (AvgIpc) is 3.99. The van der Waals surface area contributed by atoms with E-state index in [4.69, 9.17) is 33.2 Å². The van der Waals surface area contributed by atoms with Crippen LogP contribution < -0.4 is 9.62 Å². The van der Waals surface area contributed by atoms with E-state index in [2.05, 4.69) is 15.7 Å². The van der Waals surface area contributed by atoms with Crippen molar-refractivity contribution in [2.45, 2.75) is 25.4 Å². The minimum Gasteiger partial charge on any atom is -0.502 e. The van der Waals surface area contributed by atoms with Gasteiger partial charge in [-0.2, -0.15) is 0 Å². The number of anilines is 1. The normalized spacial score (nSPS) is 12.9. The third-order valence-corrected chi connectivity index (χ3v) is 9.64. The van der Waals surface area contributed by atoms with Gasteiger partial charge in [0, 0.05) is 42.0 Å². The molecule has 1 aliphatic rings. The van der Waals surface area contributed by atoms with Crippen LogP contribution in [0.2, 0.25) is 0 Å². The number of ketones is 1. The highest BCUT2D eigenvalue weighted by Gasteiger charge is 2.31. The quantitative estimate of drug-likeness (QED) is 0.0218. The zero-order valence-electron chi connectivity index (χ0n) is 31.4. The van der Waals surface area contributed by atoms with Gasteiger partial charge in [0.2, 0.25) is 5.76 Å². The third-order valence-electron chi connectivity index (χ3n) is 8.82. The summed E-state index contributed by atoms with van der Waals surface area (Å²) in [5.41, 5.74) is 4.93. The highest BCUT2D eigenvalue weighted by atomic mass is 32.2. The zero-order valence-corrected chi connectivity index (χ0v) is 32.2. The van der Waals surface area contributed by atoms with Crippen molar-refractivity contribution < 1.29 is 57.1 Å². The molecule has 1 aromatic heterocycles. The highest BCUT2D eigenvalue weighted by Crippen LogP contribution is 2.48. The number of hydrogen-bond donors (Lipinski definition) is 3. The fourth-order valence-corrected chi connectivity index (χ4v) is 6.41. The van der Waals surface area contributed by atoms with Gasteiger partial charge in [0.15, 0.2) is 5.78 Å². The van der Waals surface area contributed by atoms with Gasteiger partial charge in [-0.25, -0.2) is 9.18 Å². The van der Waals surface area contributed by atoms with Crippen LogP contribution in [0.25, 0.3) is 22.3 Å². The Kier molecular flexibility index (Phi) is 16.3. The van der Waals surface area contributed by atoms with Crippen molar-refractivity contribution >= 4 is 46.3 Å². The number of hydrogen-bond acceptors (Lipinski definition) is 12. The molecular weight excluding hydrogens is 748 g/mol. The topological polar surface area (TPSA) is 166 Å². The number of halogens is 1. The first-order valence-electron chi connectivity index (χ1n) is 18.3. The van der Waals surface area contributed by atoms with E-state index in [0.717, 1.165) is 29.5 Å². The zero-order chi connectivity index (χ0) is 39.9. The molecular formula is C41H47FN2O11S. The van der Waals surface area contributed by atoms with Crippen molar-refractivity contribution in [3.05, 3.63) is 101 Å². The van der Waals surface area contributed by atoms with Crippen molar-refractivity contribution in [2.24, 2.45) is 0 Å². The van der Waals surface area contributed by atoms with Gasteiger partial charge >= 0.3 is 5.97 Å². The predicted molar refractivity (Wildman–Crippen MR) is 210 cm³/mol. The van der Waals surface area contributed by atoms with Crippen LogP contribution in [0, 0.1) is 5.82 Å². The molecule has 1 heterocycles. The standard InChI is InChI=1S/C41H47FN2O11S/c1-43-40(47)38-33-23-32(28-7-8-28)34(24-37(33)55-39(38)30-9-11-31(42)12-10-30)44(56-2)13-14-50-15-16-51-17-18-52-19-20-53-21-22-54-26-27-3-5-29(6-4-27)35(45)25-36(46)41(48)49/h3-6,9-12,23-25,28,46H,7-8,13-22,26H2,1-2H3,(H,43,47)(H,48,49)/b36-25-. The number of carboxylic acid groups (broad SMARTS) is 1. The summed E-state index contributed by atoms with van der Waals surface area (Å²) in [6.07, 6.45) is 4.84. The van der Waals surface area contributed by atoms with Crippen LogP contribution in [0.5, 0.6) is 0 Å². The molecule has 5 rings (SSSR count). The number of fused-ring (bicyclic) bond motifs is 1. The summed E-state index contributed by atoms with van der Waals surface area (Å²) in [6.45, 7) is 4.73. The fourth-order valence-electron chi connectivity index (χ4n) is 5.80. The smallest absolute Gasteiger partial charge is 0.371 e. The van der Waals surface area contributed by atoms with Gasteiger partial charge in [0.05, 0.1) is 83.9 Å². The lowest BCUT2D eigenvalue weighted by Gasteiger charge is -2.24. The Hall–Kier alpha value is -4.77. The predicted octanol–water partition coefficient (Wildman–Crippen LogP) is 6.55. The molecule has 1 saturated carbocycles. The van der Waals surface area contributed by atoms with Crippen LogP contribution in [0.4, 0.5) is 10.1 Å². The molecule has 56 heavy (non-hydrogen) atoms. The van der Waals surface area contributed by atoms with Gasteiger partial charge < -0.3 is 47.9 Å². The van der Waals surface area contributed by atoms with Crippen molar-refractivity contribution in [1.82, 2.24) is 5.32 Å². The molecule has 1 fully saturated rings. The molecule has 3 aromatic carbocycles. The van der Waals surface area contributed by atoms with Crippen molar-refractivity contribution in [2.75, 3.05) is 83.6 Å². The number of rotatable bonds is 25. The molecule has 13 nitrogen and oxygen atoms in total. The molecule has 1 aliphatic carbocycles. The van der Waals surface area contributed by atoms with Gasteiger partial charge in [-0.15, -0.1) is 0 Å². The number of nitrogens with zero attached hydrogens (tertiary/aromatic N) is 1. The molecule has 0 unspecified atom stereocenters. The molecule has 0 saturated heterocycles. The molecule has 4 aromatic rings. The summed E-state index contributed by atoms with van der Waals surface area (Å²) in [6, 6.07) is 16.5. The Morgan fingerprint density at radius 1 is 0.857 bits per heavy atom. The molecule has 0 radical (unpaired) electrons. The number of furan rings is 1. The maximum absolute atomic E-state index is 13.7. The molecule has 0 aliphatic heterocycles. The van der Waals surface area contributed by atoms with E-state index < -0.39 is 17.5 Å². The van der Waals surface area contributed by atoms with Gasteiger partial charge in [-0.1, -0.05) is 36.2 Å². The van der Waals surface area contributed by atoms with Gasteiger partial charge in [-0.3, -0.25) is 9.59 Å². The summed E-state index contributed by atoms with van der Waals surface area (Å²) in [5.74, 6) is -2.99. The number of aliphatic hydroxyl groups is 1. The molecule has 0 bridgehead atoms. The van der Waals surface area contributed by atoms with Crippen LogP contribution in [-0.2, 0) is 35.1 Å². The second-order valence-corrected chi connectivity index (χ2v) is 13.6. The van der Waals surface area contributed by atoms with Crippen LogP contribution in [-0.4, -0.2) is 107 Å². The maximum Gasteiger partial charge on any atom is 0.371 e. The van der Waals surface area contributed by atoms with Crippen LogP contribution in [0.3, 0.4) is 0 Å². The number of amides is 1. The summed E-state index contributed by atoms with van der Waals surface area (Å²) in [7, 11) is 1.59. The van der Waals surface area contributed by atoms with E-state index in [0.29, 0.717) is 107 Å². The molecule has 1 amide bonds. The van der Waals surface area contributed by atoms with Gasteiger partial charge in [-0.05, 0) is 60.2 Å². The van der Waals surface area contributed by atoms with Gasteiger partial charge in [0.25, 0.3) is 5.91 Å². The lowest BCUT2D eigenvalue weighted by atomic mass is 10.0. The Bertz CT molecular complexity index is 1950. The van der Waals surface area contributed by atoms with E-state index in [-0.39, 0.29) is 17.3 Å². The van der Waals surface area contributed by atoms with Gasteiger partial charge in [0.1, 0.15) is 17.2 Å². The Morgan fingerprint density at radius 2 is 1.45 bits per heavy atom. The number of carboxylic acids is 1. The number of allylic oxidation sites excluding steroid dienone is 1. The fraction of sp³-hybridized carbons (Fsp3) is 0.390. The summed E-state index contributed by atoms with van der Waals surface area (Å²) < 4.78 is 50.3. The molecule has 15 heteroatoms. The first kappa shape index (κ1) is 42.4. The first-order valence-corrected chi connectivity index (χ1v) is 19.4. The minimum absolute atomic E-state index is 0.253. The first-order chi connectivity index (χ1) is 27.2. The number of benzene rings is 3. The summed E-state index contributed by atoms with van der Waals surface area (Å²) in [4.78, 5) is 35.7. The van der Waals surface area contributed by atoms with E-state index >= 15 is 0 Å². The van der Waals surface area contributed by atoms with E-state index in [1.54, 1.807) is 43.3 Å². The van der Waals surface area contributed by atoms with Crippen molar-refractivity contribution in [3.8, 4) is 11.3 Å². The largest absolute Gasteiger partial charge is 0.502 e. The number of nitrogens with one attached hydrogen (secondary N) is 1. The maximum atomic E-state index is 13.7. The summed E-state index contributed by atoms with van der Waals surface area (Å²) >= 11 is 1.60. The van der Waals surface area contributed by atoms with E-state index in [1.165, 1.54) is 29.8 Å². The average molecular weight is 795 g/mol. The molecule has 300 valence electrons. The highest BCUT2D eigenvalue weighted by molar-refractivity contribution is 7.99. The molecule has 3 N–H and O–H groups in total. The Morgan fingerprint density at radius 3 is 2.00 bits per heavy atom. The van der Waals surface area contributed by atoms with Crippen LogP contribution >= 0.6 is 11.9 Å². The number of ether oxygens (including phenoxy) is 5. The second kappa shape index (κ2) is 21.5.